The molecule has 4 rings (SSSR count). The van der Waals surface area contributed by atoms with Crippen LogP contribution in [0.15, 0.2) is 74.2 Å². The average molecular weight is 496 g/mol. The third-order valence-electron chi connectivity index (χ3n) is 4.41. The van der Waals surface area contributed by atoms with E-state index in [0.717, 1.165) is 0 Å². The molecular weight excluding hydrogens is 482 g/mol. The number of cyclic esters (lactones) is 1. The number of non-ortho nitro benzene ring substituents is 1. The van der Waals surface area contributed by atoms with Crippen molar-refractivity contribution in [3.63, 3.8) is 0 Å². The maximum absolute atomic E-state index is 12.2. The van der Waals surface area contributed by atoms with Crippen molar-refractivity contribution < 1.29 is 23.7 Å². The minimum absolute atomic E-state index is 0.0461. The van der Waals surface area contributed by atoms with Crippen molar-refractivity contribution in [2.24, 2.45) is 4.99 Å². The Labute approximate surface area is 189 Å². The van der Waals surface area contributed by atoms with E-state index < -0.39 is 10.9 Å². The van der Waals surface area contributed by atoms with Crippen LogP contribution < -0.4 is 5.32 Å². The lowest BCUT2D eigenvalue weighted by Crippen LogP contribution is -2.07. The van der Waals surface area contributed by atoms with E-state index in [0.29, 0.717) is 32.8 Å². The Morgan fingerprint density at radius 2 is 1.91 bits per heavy atom. The van der Waals surface area contributed by atoms with Gasteiger partial charge in [0.2, 0.25) is 11.8 Å². The molecule has 0 aliphatic carbocycles. The number of aliphatic imine (C=N–C) groups is 1. The average Bonchev–Trinajstić information content (AvgIpc) is 3.35. The summed E-state index contributed by atoms with van der Waals surface area (Å²) in [5.41, 5.74) is 1.83. The number of nitro benzene ring substituents is 1. The van der Waals surface area contributed by atoms with E-state index in [1.54, 1.807) is 42.5 Å². The number of hydrogen-bond donors (Lipinski definition) is 1. The number of furan rings is 1. The normalized spacial score (nSPS) is 14.2. The minimum Gasteiger partial charge on any atom is -0.457 e. The number of rotatable bonds is 5. The van der Waals surface area contributed by atoms with Gasteiger partial charge in [-0.25, -0.2) is 9.79 Å². The van der Waals surface area contributed by atoms with Crippen molar-refractivity contribution in [3.05, 3.63) is 86.2 Å². The molecule has 1 aromatic heterocycles. The van der Waals surface area contributed by atoms with E-state index in [4.69, 9.17) is 9.15 Å². The van der Waals surface area contributed by atoms with E-state index in [1.807, 2.05) is 0 Å². The van der Waals surface area contributed by atoms with Gasteiger partial charge >= 0.3 is 5.97 Å². The zero-order valence-corrected chi connectivity index (χ0v) is 18.1. The van der Waals surface area contributed by atoms with E-state index >= 15 is 0 Å². The van der Waals surface area contributed by atoms with Crippen LogP contribution in [-0.4, -0.2) is 22.7 Å². The number of amides is 1. The van der Waals surface area contributed by atoms with E-state index in [1.165, 1.54) is 25.1 Å². The molecule has 0 unspecified atom stereocenters. The molecule has 2 aromatic carbocycles. The molecule has 1 aliphatic heterocycles. The highest BCUT2D eigenvalue weighted by Gasteiger charge is 2.25. The van der Waals surface area contributed by atoms with Crippen molar-refractivity contribution in [3.8, 4) is 11.3 Å². The third kappa shape index (κ3) is 4.49. The highest BCUT2D eigenvalue weighted by molar-refractivity contribution is 9.10. The first-order valence-electron chi connectivity index (χ1n) is 9.25. The topological polar surface area (TPSA) is 124 Å². The highest BCUT2D eigenvalue weighted by Crippen LogP contribution is 2.33. The minimum atomic E-state index is -0.625. The van der Waals surface area contributed by atoms with Gasteiger partial charge in [0, 0.05) is 46.4 Å². The predicted molar refractivity (Wildman–Crippen MR) is 120 cm³/mol. The summed E-state index contributed by atoms with van der Waals surface area (Å²) < 4.78 is 11.5. The molecule has 0 bridgehead atoms. The Hall–Kier alpha value is -4.05. The number of nitrogens with one attached hydrogen (secondary N) is 1. The number of carbonyl (C=O) groups is 2. The van der Waals surface area contributed by atoms with Crippen molar-refractivity contribution >= 4 is 51.2 Å². The first kappa shape index (κ1) is 21.2. The first-order valence-corrected chi connectivity index (χ1v) is 10.0. The van der Waals surface area contributed by atoms with Crippen LogP contribution in [0.25, 0.3) is 17.4 Å². The van der Waals surface area contributed by atoms with E-state index in [2.05, 4.69) is 26.2 Å². The van der Waals surface area contributed by atoms with Crippen LogP contribution >= 0.6 is 15.9 Å². The van der Waals surface area contributed by atoms with Crippen LogP contribution in [0.1, 0.15) is 18.2 Å². The van der Waals surface area contributed by atoms with Crippen LogP contribution in [0.2, 0.25) is 0 Å². The molecule has 0 spiro atoms. The fourth-order valence-electron chi connectivity index (χ4n) is 2.96. The zero-order chi connectivity index (χ0) is 22.8. The Morgan fingerprint density at radius 3 is 2.56 bits per heavy atom. The van der Waals surface area contributed by atoms with Crippen LogP contribution in [0.3, 0.4) is 0 Å². The van der Waals surface area contributed by atoms with Crippen molar-refractivity contribution in [1.82, 2.24) is 0 Å². The number of benzene rings is 2. The predicted octanol–water partition coefficient (Wildman–Crippen LogP) is 4.92. The van der Waals surface area contributed by atoms with Gasteiger partial charge in [-0.3, -0.25) is 14.9 Å². The summed E-state index contributed by atoms with van der Waals surface area (Å²) in [5.74, 6) is 0.151. The van der Waals surface area contributed by atoms with Gasteiger partial charge in [0.1, 0.15) is 11.5 Å². The van der Waals surface area contributed by atoms with Gasteiger partial charge in [0.15, 0.2) is 5.70 Å². The molecule has 0 saturated heterocycles. The summed E-state index contributed by atoms with van der Waals surface area (Å²) >= 11 is 3.31. The van der Waals surface area contributed by atoms with Gasteiger partial charge in [-0.1, -0.05) is 0 Å². The standard InChI is InChI=1S/C22H14BrN3O6/c1-12(27)24-14-4-2-13(3-5-14)21-25-19(22(28)32-21)11-16-7-9-20(31-16)17-8-6-15(26(29)30)10-18(17)23/h2-11H,1H3,(H,24,27). The summed E-state index contributed by atoms with van der Waals surface area (Å²) in [4.78, 5) is 38.0. The van der Waals surface area contributed by atoms with E-state index in [-0.39, 0.29) is 23.2 Å². The highest BCUT2D eigenvalue weighted by atomic mass is 79.9. The monoisotopic (exact) mass is 495 g/mol. The first-order chi connectivity index (χ1) is 15.3. The number of hydrogen-bond acceptors (Lipinski definition) is 7. The van der Waals surface area contributed by atoms with Gasteiger partial charge in [0.05, 0.1) is 4.92 Å². The zero-order valence-electron chi connectivity index (χ0n) is 16.5. The second-order valence-electron chi connectivity index (χ2n) is 6.72. The maximum Gasteiger partial charge on any atom is 0.363 e. The maximum atomic E-state index is 12.2. The molecule has 1 amide bonds. The number of carbonyl (C=O) groups excluding carboxylic acids is 2. The lowest BCUT2D eigenvalue weighted by atomic mass is 10.1. The molecule has 32 heavy (non-hydrogen) atoms. The number of nitrogens with zero attached hydrogens (tertiary/aromatic N) is 2. The molecule has 0 radical (unpaired) electrons. The summed E-state index contributed by atoms with van der Waals surface area (Å²) in [5, 5.41) is 13.6. The molecule has 160 valence electrons. The Morgan fingerprint density at radius 1 is 1.16 bits per heavy atom. The molecule has 0 fully saturated rings. The second kappa shape index (κ2) is 8.60. The lowest BCUT2D eigenvalue weighted by molar-refractivity contribution is -0.384. The molecule has 0 atom stereocenters. The number of anilines is 1. The van der Waals surface area contributed by atoms with Gasteiger partial charge in [-0.05, 0) is 58.4 Å². The summed E-state index contributed by atoms with van der Waals surface area (Å²) in [7, 11) is 0. The molecule has 1 aliphatic rings. The summed E-state index contributed by atoms with van der Waals surface area (Å²) in [6.07, 6.45) is 1.45. The fourth-order valence-corrected chi connectivity index (χ4v) is 3.52. The van der Waals surface area contributed by atoms with Crippen molar-refractivity contribution in [2.75, 3.05) is 5.32 Å². The Bertz CT molecular complexity index is 1310. The molecule has 2 heterocycles. The SMILES string of the molecule is CC(=O)Nc1ccc(C2=NC(=Cc3ccc(-c4ccc([N+](=O)[O-])cc4Br)o3)C(=O)O2)cc1. The van der Waals surface area contributed by atoms with Crippen LogP contribution in [0.5, 0.6) is 0 Å². The number of ether oxygens (including phenoxy) is 1. The van der Waals surface area contributed by atoms with Crippen molar-refractivity contribution in [1.29, 1.82) is 0 Å². The fraction of sp³-hybridized carbons (Fsp3) is 0.0455. The molecule has 3 aromatic rings. The molecule has 9 nitrogen and oxygen atoms in total. The summed E-state index contributed by atoms with van der Waals surface area (Å²) in [6.45, 7) is 1.41. The largest absolute Gasteiger partial charge is 0.457 e. The number of esters is 1. The smallest absolute Gasteiger partial charge is 0.363 e. The van der Waals surface area contributed by atoms with Crippen LogP contribution in [0, 0.1) is 10.1 Å². The Kier molecular flexibility index (Phi) is 5.69. The molecule has 1 N–H and O–H groups in total. The third-order valence-corrected chi connectivity index (χ3v) is 5.06. The van der Waals surface area contributed by atoms with Gasteiger partial charge in [-0.15, -0.1) is 0 Å². The number of nitro groups is 1. The second-order valence-corrected chi connectivity index (χ2v) is 7.57. The number of halogens is 1. The lowest BCUT2D eigenvalue weighted by Gasteiger charge is -2.03. The van der Waals surface area contributed by atoms with Crippen molar-refractivity contribution in [2.45, 2.75) is 6.92 Å². The Balaban J connectivity index is 1.56. The molecule has 10 heteroatoms. The quantitative estimate of drug-likeness (QED) is 0.232. The van der Waals surface area contributed by atoms with Crippen LogP contribution in [0.4, 0.5) is 11.4 Å². The molecular formula is C22H14BrN3O6. The van der Waals surface area contributed by atoms with E-state index in [9.17, 15) is 19.7 Å². The van der Waals surface area contributed by atoms with Gasteiger partial charge in [0.25, 0.3) is 5.69 Å². The van der Waals surface area contributed by atoms with Gasteiger partial charge < -0.3 is 14.5 Å². The van der Waals surface area contributed by atoms with Gasteiger partial charge in [-0.2, -0.15) is 0 Å². The summed E-state index contributed by atoms with van der Waals surface area (Å²) in [6, 6.07) is 14.4. The molecule has 0 saturated carbocycles. The van der Waals surface area contributed by atoms with Crippen LogP contribution in [-0.2, 0) is 14.3 Å².